The summed E-state index contributed by atoms with van der Waals surface area (Å²) in [7, 11) is 1.88. The van der Waals surface area contributed by atoms with Crippen LogP contribution in [0.25, 0.3) is 0 Å². The Labute approximate surface area is 213 Å². The van der Waals surface area contributed by atoms with Gasteiger partial charge >= 0.3 is 0 Å². The molecule has 3 atom stereocenters. The molecule has 3 heteroatoms. The van der Waals surface area contributed by atoms with Crippen LogP contribution in [-0.4, -0.2) is 25.3 Å². The van der Waals surface area contributed by atoms with Crippen molar-refractivity contribution in [2.45, 2.75) is 78.7 Å². The zero-order chi connectivity index (χ0) is 25.7. The number of aliphatic imine (C=N–C) groups is 1. The lowest BCUT2D eigenvalue weighted by Gasteiger charge is -2.22. The number of hydrogen-bond acceptors (Lipinski definition) is 3. The Morgan fingerprint density at radius 1 is 1.29 bits per heavy atom. The van der Waals surface area contributed by atoms with Gasteiger partial charge in [0.1, 0.15) is 0 Å². The van der Waals surface area contributed by atoms with Crippen molar-refractivity contribution in [3.05, 3.63) is 82.0 Å². The SMILES string of the molecule is C=C(CCNC1CC1C)C/C(C(=C)C)=C(C(C)=NC)\C(=C/C(C)c1cc(C#N)ccc1C)C1CC1. The largest absolute Gasteiger partial charge is 0.313 e. The van der Waals surface area contributed by atoms with Gasteiger partial charge in [0.25, 0.3) is 0 Å². The maximum atomic E-state index is 9.42. The molecule has 0 bridgehead atoms. The fraction of sp³-hybridized carbons (Fsp3) is 0.500. The molecule has 0 aliphatic heterocycles. The molecule has 2 saturated carbocycles. The Morgan fingerprint density at radius 3 is 2.51 bits per heavy atom. The van der Waals surface area contributed by atoms with E-state index in [0.717, 1.165) is 36.6 Å². The molecule has 0 heterocycles. The minimum Gasteiger partial charge on any atom is -0.313 e. The summed E-state index contributed by atoms with van der Waals surface area (Å²) in [6.45, 7) is 20.7. The molecule has 0 aromatic heterocycles. The van der Waals surface area contributed by atoms with Crippen LogP contribution in [-0.2, 0) is 0 Å². The summed E-state index contributed by atoms with van der Waals surface area (Å²) >= 11 is 0. The van der Waals surface area contributed by atoms with E-state index in [-0.39, 0.29) is 5.92 Å². The number of allylic oxidation sites excluding steroid dienone is 5. The first-order valence-corrected chi connectivity index (χ1v) is 13.1. The lowest BCUT2D eigenvalue weighted by Crippen LogP contribution is -2.19. The molecule has 2 fully saturated rings. The second-order valence-corrected chi connectivity index (χ2v) is 10.8. The zero-order valence-corrected chi connectivity index (χ0v) is 22.7. The number of nitrogens with one attached hydrogen (secondary N) is 1. The predicted molar refractivity (Wildman–Crippen MR) is 150 cm³/mol. The van der Waals surface area contributed by atoms with Gasteiger partial charge in [-0.25, -0.2) is 0 Å². The van der Waals surface area contributed by atoms with E-state index in [4.69, 9.17) is 0 Å². The van der Waals surface area contributed by atoms with Gasteiger partial charge in [-0.3, -0.25) is 4.99 Å². The molecule has 1 aromatic carbocycles. The van der Waals surface area contributed by atoms with E-state index in [2.05, 4.69) is 76.3 Å². The summed E-state index contributed by atoms with van der Waals surface area (Å²) in [5.41, 5.74) is 10.5. The average Bonchev–Trinajstić information content (AvgIpc) is 3.75. The van der Waals surface area contributed by atoms with Gasteiger partial charge in [-0.05, 0) is 112 Å². The Balaban J connectivity index is 1.95. The highest BCUT2D eigenvalue weighted by molar-refractivity contribution is 6.03. The summed E-state index contributed by atoms with van der Waals surface area (Å²) in [6, 6.07) is 8.99. The fourth-order valence-electron chi connectivity index (χ4n) is 4.92. The smallest absolute Gasteiger partial charge is 0.0991 e. The van der Waals surface area contributed by atoms with E-state index in [9.17, 15) is 5.26 Å². The third kappa shape index (κ3) is 7.15. The third-order valence-electron chi connectivity index (χ3n) is 7.57. The molecule has 1 aromatic rings. The van der Waals surface area contributed by atoms with Crippen LogP contribution in [0.3, 0.4) is 0 Å². The number of aryl methyl sites for hydroxylation is 1. The van der Waals surface area contributed by atoms with Crippen LogP contribution < -0.4 is 5.32 Å². The highest BCUT2D eigenvalue weighted by atomic mass is 15.0. The Kier molecular flexibility index (Phi) is 9.09. The molecular weight excluding hydrogens is 426 g/mol. The van der Waals surface area contributed by atoms with Gasteiger partial charge in [0.15, 0.2) is 0 Å². The molecule has 3 nitrogen and oxygen atoms in total. The van der Waals surface area contributed by atoms with Gasteiger partial charge in [0.05, 0.1) is 11.6 Å². The molecule has 0 amide bonds. The molecule has 0 spiro atoms. The Bertz CT molecular complexity index is 1100. The first kappa shape index (κ1) is 26.9. The number of nitrogens with zero attached hydrogens (tertiary/aromatic N) is 2. The van der Waals surface area contributed by atoms with E-state index in [1.54, 1.807) is 0 Å². The summed E-state index contributed by atoms with van der Waals surface area (Å²) in [5, 5.41) is 13.1. The summed E-state index contributed by atoms with van der Waals surface area (Å²) < 4.78 is 0. The minimum absolute atomic E-state index is 0.206. The van der Waals surface area contributed by atoms with E-state index < -0.39 is 0 Å². The highest BCUT2D eigenvalue weighted by Crippen LogP contribution is 2.44. The molecule has 2 aliphatic rings. The van der Waals surface area contributed by atoms with Crippen molar-refractivity contribution < 1.29 is 0 Å². The molecule has 3 unspecified atom stereocenters. The molecule has 186 valence electrons. The number of nitriles is 1. The average molecular weight is 470 g/mol. The van der Waals surface area contributed by atoms with Crippen molar-refractivity contribution in [3.63, 3.8) is 0 Å². The van der Waals surface area contributed by atoms with Crippen LogP contribution >= 0.6 is 0 Å². The van der Waals surface area contributed by atoms with Crippen LogP contribution in [0.5, 0.6) is 0 Å². The zero-order valence-electron chi connectivity index (χ0n) is 22.7. The van der Waals surface area contributed by atoms with E-state index in [0.29, 0.717) is 17.5 Å². The fourth-order valence-corrected chi connectivity index (χ4v) is 4.92. The van der Waals surface area contributed by atoms with Crippen molar-refractivity contribution in [3.8, 4) is 6.07 Å². The normalized spacial score (nSPS) is 21.7. The molecular formula is C32H43N3. The predicted octanol–water partition coefficient (Wildman–Crippen LogP) is 7.60. The van der Waals surface area contributed by atoms with Crippen molar-refractivity contribution >= 4 is 5.71 Å². The van der Waals surface area contributed by atoms with E-state index in [1.165, 1.54) is 52.7 Å². The number of hydrogen-bond donors (Lipinski definition) is 1. The van der Waals surface area contributed by atoms with Gasteiger partial charge in [-0.15, -0.1) is 0 Å². The minimum atomic E-state index is 0.206. The molecule has 0 radical (unpaired) electrons. The molecule has 3 rings (SSSR count). The van der Waals surface area contributed by atoms with Crippen molar-refractivity contribution in [2.24, 2.45) is 16.8 Å². The summed E-state index contributed by atoms with van der Waals surface area (Å²) in [5.74, 6) is 1.58. The molecule has 1 N–H and O–H groups in total. The maximum Gasteiger partial charge on any atom is 0.0991 e. The Morgan fingerprint density at radius 2 is 1.97 bits per heavy atom. The first-order chi connectivity index (χ1) is 16.7. The molecule has 35 heavy (non-hydrogen) atoms. The summed E-state index contributed by atoms with van der Waals surface area (Å²) in [6.07, 6.45) is 7.96. The standard InChI is InChI=1S/C32H43N3/c1-20(2)28(15-21(3)13-14-35-31-17-24(31)6)32(25(7)34-8)30(27-11-12-27)16-23(5)29-18-26(19-33)10-9-22(29)4/h9-10,16,18,23-24,27,31,35H,1,3,11-15,17H2,2,4-8H3/b30-16-,32-28+,34-25?. The topological polar surface area (TPSA) is 48.2 Å². The number of benzene rings is 1. The van der Waals surface area contributed by atoms with Crippen molar-refractivity contribution in [2.75, 3.05) is 13.6 Å². The second-order valence-electron chi connectivity index (χ2n) is 10.8. The maximum absolute atomic E-state index is 9.42. The van der Waals surface area contributed by atoms with Gasteiger partial charge in [-0.1, -0.05) is 50.3 Å². The lowest BCUT2D eigenvalue weighted by atomic mass is 9.83. The summed E-state index contributed by atoms with van der Waals surface area (Å²) in [4.78, 5) is 4.65. The van der Waals surface area contributed by atoms with E-state index >= 15 is 0 Å². The van der Waals surface area contributed by atoms with Crippen LogP contribution in [0.15, 0.2) is 70.3 Å². The van der Waals surface area contributed by atoms with Crippen LogP contribution in [0.4, 0.5) is 0 Å². The van der Waals surface area contributed by atoms with Crippen LogP contribution in [0.2, 0.25) is 0 Å². The molecule has 0 saturated heterocycles. The van der Waals surface area contributed by atoms with E-state index in [1.807, 2.05) is 19.2 Å². The van der Waals surface area contributed by atoms with Gasteiger partial charge < -0.3 is 5.32 Å². The highest BCUT2D eigenvalue weighted by Gasteiger charge is 2.32. The quantitative estimate of drug-likeness (QED) is 0.195. The van der Waals surface area contributed by atoms with Gasteiger partial charge in [-0.2, -0.15) is 5.26 Å². The lowest BCUT2D eigenvalue weighted by molar-refractivity contribution is 0.645. The van der Waals surface area contributed by atoms with Crippen molar-refractivity contribution in [1.82, 2.24) is 5.32 Å². The van der Waals surface area contributed by atoms with Gasteiger partial charge in [0.2, 0.25) is 0 Å². The number of rotatable bonds is 12. The van der Waals surface area contributed by atoms with Crippen LogP contribution in [0, 0.1) is 30.1 Å². The van der Waals surface area contributed by atoms with Crippen LogP contribution in [0.1, 0.15) is 82.4 Å². The second kappa shape index (κ2) is 11.8. The monoisotopic (exact) mass is 469 g/mol. The Hall–Kier alpha value is -2.70. The molecule has 2 aliphatic carbocycles. The third-order valence-corrected chi connectivity index (χ3v) is 7.57. The first-order valence-electron chi connectivity index (χ1n) is 13.1. The van der Waals surface area contributed by atoms with Crippen molar-refractivity contribution in [1.29, 1.82) is 5.26 Å². The van der Waals surface area contributed by atoms with Gasteiger partial charge in [0, 0.05) is 24.4 Å².